The average molecular weight is 790 g/mol. The van der Waals surface area contributed by atoms with Gasteiger partial charge >= 0.3 is 0 Å². The van der Waals surface area contributed by atoms with Crippen molar-refractivity contribution in [3.8, 4) is 44.5 Å². The maximum atomic E-state index is 2.53. The minimum absolute atomic E-state index is 0.134. The molecule has 0 heterocycles. The van der Waals surface area contributed by atoms with Gasteiger partial charge in [-0.3, -0.25) is 0 Å². The standard InChI is InChI=1S/C61H43N/c1-38-34-40(52-35-39-16-4-5-17-43(39)44-18-6-7-19-45(44)52)28-33-59(38)62(41-29-31-50-46-20-8-12-24-53(46)60(2,3)57(50)36-41)42-30-32-51-49-23-11-15-27-56(49)61(58(51)37-42)54-25-13-9-21-47(54)48-22-10-14-26-55(48)61/h4-37H,1-3H3. The van der Waals surface area contributed by atoms with E-state index in [0.717, 1.165) is 11.4 Å². The SMILES string of the molecule is Cc1cc(-c2cc3ccccc3c3ccccc23)ccc1N(c1ccc2c(c1)C(C)(C)c1ccccc1-2)c1ccc2c(c1)C1(c3ccccc3-c3ccccc31)c1ccccc1-2. The van der Waals surface area contributed by atoms with Gasteiger partial charge in [-0.2, -0.15) is 0 Å². The predicted molar refractivity (Wildman–Crippen MR) is 260 cm³/mol. The van der Waals surface area contributed by atoms with Crippen molar-refractivity contribution in [2.75, 3.05) is 4.90 Å². The van der Waals surface area contributed by atoms with Gasteiger partial charge in [0.2, 0.25) is 0 Å². The minimum atomic E-state index is -0.432. The first kappa shape index (κ1) is 35.3. The number of nitrogens with zero attached hydrogens (tertiary/aromatic N) is 1. The van der Waals surface area contributed by atoms with Gasteiger partial charge in [0.15, 0.2) is 0 Å². The Morgan fingerprint density at radius 1 is 0.339 bits per heavy atom. The third-order valence-electron chi connectivity index (χ3n) is 14.6. The fraction of sp³-hybridized carbons (Fsp3) is 0.0820. The van der Waals surface area contributed by atoms with E-state index in [-0.39, 0.29) is 5.41 Å². The van der Waals surface area contributed by atoms with Crippen molar-refractivity contribution >= 4 is 38.6 Å². The normalized spacial score (nSPS) is 14.3. The molecule has 3 aliphatic rings. The van der Waals surface area contributed by atoms with Gasteiger partial charge in [0.1, 0.15) is 0 Å². The van der Waals surface area contributed by atoms with Crippen LogP contribution >= 0.6 is 0 Å². The largest absolute Gasteiger partial charge is 0.310 e. The molecule has 0 amide bonds. The van der Waals surface area contributed by atoms with Gasteiger partial charge in [0, 0.05) is 22.5 Å². The molecule has 1 spiro atoms. The van der Waals surface area contributed by atoms with E-state index in [1.165, 1.54) is 111 Å². The number of aryl methyl sites for hydroxylation is 1. The summed E-state index contributed by atoms with van der Waals surface area (Å²) in [6, 6.07) is 77.8. The first-order valence-electron chi connectivity index (χ1n) is 21.9. The zero-order chi connectivity index (χ0) is 41.3. The third-order valence-corrected chi connectivity index (χ3v) is 14.6. The molecule has 0 unspecified atom stereocenters. The lowest BCUT2D eigenvalue weighted by Crippen LogP contribution is -2.26. The van der Waals surface area contributed by atoms with Gasteiger partial charge in [-0.15, -0.1) is 0 Å². The summed E-state index contributed by atoms with van der Waals surface area (Å²) < 4.78 is 0. The molecule has 62 heavy (non-hydrogen) atoms. The van der Waals surface area contributed by atoms with E-state index < -0.39 is 5.41 Å². The Balaban J connectivity index is 1.05. The lowest BCUT2D eigenvalue weighted by Gasteiger charge is -2.33. The van der Waals surface area contributed by atoms with Crippen LogP contribution in [0.2, 0.25) is 0 Å². The van der Waals surface area contributed by atoms with Crippen LogP contribution in [0.15, 0.2) is 206 Å². The molecule has 1 nitrogen and oxygen atoms in total. The topological polar surface area (TPSA) is 3.24 Å². The maximum Gasteiger partial charge on any atom is 0.0726 e. The van der Waals surface area contributed by atoms with Gasteiger partial charge in [-0.1, -0.05) is 178 Å². The van der Waals surface area contributed by atoms with Crippen LogP contribution in [-0.4, -0.2) is 0 Å². The van der Waals surface area contributed by atoms with Gasteiger partial charge in [-0.25, -0.2) is 0 Å². The Bertz CT molecular complexity index is 3470. The fourth-order valence-electron chi connectivity index (χ4n) is 11.8. The summed E-state index contributed by atoms with van der Waals surface area (Å²) in [7, 11) is 0. The molecule has 0 radical (unpaired) electrons. The molecule has 10 aromatic carbocycles. The van der Waals surface area contributed by atoms with E-state index in [1.807, 2.05) is 0 Å². The van der Waals surface area contributed by atoms with Crippen molar-refractivity contribution in [1.82, 2.24) is 0 Å². The summed E-state index contributed by atoms with van der Waals surface area (Å²) in [4.78, 5) is 2.53. The van der Waals surface area contributed by atoms with Crippen LogP contribution in [0, 0.1) is 6.92 Å². The highest BCUT2D eigenvalue weighted by atomic mass is 15.1. The van der Waals surface area contributed by atoms with Crippen molar-refractivity contribution in [1.29, 1.82) is 0 Å². The summed E-state index contributed by atoms with van der Waals surface area (Å²) in [5.41, 5.74) is 22.7. The summed E-state index contributed by atoms with van der Waals surface area (Å²) in [5, 5.41) is 5.11. The van der Waals surface area contributed by atoms with Crippen LogP contribution < -0.4 is 4.90 Å². The number of anilines is 3. The van der Waals surface area contributed by atoms with Crippen molar-refractivity contribution < 1.29 is 0 Å². The molecule has 0 atom stereocenters. The van der Waals surface area contributed by atoms with Gasteiger partial charge in [0.05, 0.1) is 5.41 Å². The lowest BCUT2D eigenvalue weighted by molar-refractivity contribution is 0.660. The highest BCUT2D eigenvalue weighted by Gasteiger charge is 2.51. The number of benzene rings is 10. The molecule has 3 aliphatic carbocycles. The first-order chi connectivity index (χ1) is 30.4. The van der Waals surface area contributed by atoms with Crippen LogP contribution in [0.25, 0.3) is 66.1 Å². The molecule has 13 rings (SSSR count). The molecular weight excluding hydrogens is 747 g/mol. The highest BCUT2D eigenvalue weighted by Crippen LogP contribution is 2.63. The van der Waals surface area contributed by atoms with Gasteiger partial charge in [0.25, 0.3) is 0 Å². The van der Waals surface area contributed by atoms with Gasteiger partial charge < -0.3 is 4.90 Å². The summed E-state index contributed by atoms with van der Waals surface area (Å²) in [5.74, 6) is 0. The molecule has 0 N–H and O–H groups in total. The Kier molecular flexibility index (Phi) is 7.27. The Morgan fingerprint density at radius 2 is 0.806 bits per heavy atom. The minimum Gasteiger partial charge on any atom is -0.310 e. The summed E-state index contributed by atoms with van der Waals surface area (Å²) in [6.07, 6.45) is 0. The molecule has 292 valence electrons. The van der Waals surface area contributed by atoms with Crippen LogP contribution in [0.3, 0.4) is 0 Å². The molecule has 0 aliphatic heterocycles. The van der Waals surface area contributed by atoms with Crippen molar-refractivity contribution in [2.45, 2.75) is 31.6 Å². The van der Waals surface area contributed by atoms with E-state index in [9.17, 15) is 0 Å². The van der Waals surface area contributed by atoms with E-state index in [0.29, 0.717) is 0 Å². The molecular formula is C61H43N. The van der Waals surface area contributed by atoms with Crippen molar-refractivity contribution in [3.63, 3.8) is 0 Å². The number of hydrogen-bond acceptors (Lipinski definition) is 1. The van der Waals surface area contributed by atoms with Crippen LogP contribution in [0.1, 0.15) is 52.8 Å². The Labute approximate surface area is 363 Å². The smallest absolute Gasteiger partial charge is 0.0726 e. The Hall–Kier alpha value is -7.48. The van der Waals surface area contributed by atoms with Crippen LogP contribution in [0.5, 0.6) is 0 Å². The predicted octanol–water partition coefficient (Wildman–Crippen LogP) is 16.1. The number of rotatable bonds is 4. The molecule has 0 saturated heterocycles. The monoisotopic (exact) mass is 789 g/mol. The quantitative estimate of drug-likeness (QED) is 0.161. The van der Waals surface area contributed by atoms with E-state index in [1.54, 1.807) is 0 Å². The second-order valence-electron chi connectivity index (χ2n) is 18.0. The van der Waals surface area contributed by atoms with E-state index in [2.05, 4.69) is 232 Å². The summed E-state index contributed by atoms with van der Waals surface area (Å²) >= 11 is 0. The number of fused-ring (bicyclic) bond motifs is 16. The zero-order valence-corrected chi connectivity index (χ0v) is 35.1. The molecule has 0 fully saturated rings. The van der Waals surface area contributed by atoms with Crippen LogP contribution in [0.4, 0.5) is 17.1 Å². The van der Waals surface area contributed by atoms with Crippen LogP contribution in [-0.2, 0) is 10.8 Å². The molecule has 10 aromatic rings. The fourth-order valence-corrected chi connectivity index (χ4v) is 11.8. The Morgan fingerprint density at radius 3 is 1.42 bits per heavy atom. The molecule has 1 heteroatoms. The molecule has 0 saturated carbocycles. The second-order valence-corrected chi connectivity index (χ2v) is 18.0. The summed E-state index contributed by atoms with van der Waals surface area (Å²) in [6.45, 7) is 7.05. The first-order valence-corrected chi connectivity index (χ1v) is 21.9. The van der Waals surface area contributed by atoms with Crippen molar-refractivity contribution in [3.05, 3.63) is 245 Å². The second kappa shape index (κ2) is 12.8. The van der Waals surface area contributed by atoms with E-state index >= 15 is 0 Å². The highest BCUT2D eigenvalue weighted by molar-refractivity contribution is 6.14. The van der Waals surface area contributed by atoms with E-state index in [4.69, 9.17) is 0 Å². The molecule has 0 aromatic heterocycles. The number of hydrogen-bond donors (Lipinski definition) is 0. The van der Waals surface area contributed by atoms with Crippen molar-refractivity contribution in [2.24, 2.45) is 0 Å². The van der Waals surface area contributed by atoms with Gasteiger partial charge in [-0.05, 0) is 154 Å². The average Bonchev–Trinajstić information content (AvgIpc) is 3.87. The maximum absolute atomic E-state index is 2.53. The lowest BCUT2D eigenvalue weighted by atomic mass is 9.70. The third kappa shape index (κ3) is 4.63. The molecule has 0 bridgehead atoms. The zero-order valence-electron chi connectivity index (χ0n) is 35.1.